The van der Waals surface area contributed by atoms with Crippen LogP contribution in [-0.2, 0) is 16.6 Å². The van der Waals surface area contributed by atoms with Gasteiger partial charge in [-0.25, -0.2) is 4.90 Å². The number of rotatable bonds is 5. The highest BCUT2D eigenvalue weighted by atomic mass is 16.5. The van der Waals surface area contributed by atoms with Gasteiger partial charge in [0.1, 0.15) is 5.75 Å². The molecule has 0 unspecified atom stereocenters. The van der Waals surface area contributed by atoms with Crippen LogP contribution >= 0.6 is 0 Å². The molecule has 162 valence electrons. The van der Waals surface area contributed by atoms with Crippen molar-refractivity contribution in [1.82, 2.24) is 0 Å². The highest BCUT2D eigenvalue weighted by Gasteiger charge is 2.36. The van der Waals surface area contributed by atoms with Gasteiger partial charge in [-0.05, 0) is 59.4 Å². The standard InChI is InChI=1S/C27H25NO4/c1-27(2,3)19-11-8-18(9-12-19)10-17-24(29)32-21-15-13-20(14-16-21)28-25(30)22-6-4-5-7-23(22)26(28)31/h4-9,11-16H,10,17H2,1-3H3. The fourth-order valence-corrected chi connectivity index (χ4v) is 3.69. The molecule has 5 nitrogen and oxygen atoms in total. The van der Waals surface area contributed by atoms with E-state index in [0.717, 1.165) is 10.5 Å². The van der Waals surface area contributed by atoms with Gasteiger partial charge in [-0.1, -0.05) is 57.2 Å². The van der Waals surface area contributed by atoms with Crippen molar-refractivity contribution < 1.29 is 19.1 Å². The number of hydrogen-bond donors (Lipinski definition) is 0. The van der Waals surface area contributed by atoms with Crippen LogP contribution in [0.1, 0.15) is 59.0 Å². The van der Waals surface area contributed by atoms with E-state index in [0.29, 0.717) is 29.0 Å². The maximum Gasteiger partial charge on any atom is 0.311 e. The summed E-state index contributed by atoms with van der Waals surface area (Å²) >= 11 is 0. The number of amides is 2. The van der Waals surface area contributed by atoms with Crippen LogP contribution in [0.2, 0.25) is 0 Å². The molecule has 0 aliphatic carbocycles. The number of fused-ring (bicyclic) bond motifs is 1. The number of benzene rings is 3. The first-order valence-corrected chi connectivity index (χ1v) is 10.6. The molecule has 4 rings (SSSR count). The molecule has 0 fully saturated rings. The van der Waals surface area contributed by atoms with Crippen molar-refractivity contribution in [1.29, 1.82) is 0 Å². The molecule has 1 aliphatic rings. The molecular weight excluding hydrogens is 402 g/mol. The van der Waals surface area contributed by atoms with E-state index in [1.165, 1.54) is 5.56 Å². The van der Waals surface area contributed by atoms with Gasteiger partial charge in [0.25, 0.3) is 11.8 Å². The normalized spacial score (nSPS) is 13.3. The van der Waals surface area contributed by atoms with Crippen LogP contribution in [0, 0.1) is 0 Å². The molecule has 3 aromatic carbocycles. The highest BCUT2D eigenvalue weighted by Crippen LogP contribution is 2.29. The van der Waals surface area contributed by atoms with Crippen molar-refractivity contribution in [2.24, 2.45) is 0 Å². The topological polar surface area (TPSA) is 63.7 Å². The number of carbonyl (C=O) groups excluding carboxylic acids is 3. The molecule has 0 saturated heterocycles. The number of hydrogen-bond acceptors (Lipinski definition) is 4. The molecule has 0 atom stereocenters. The second-order valence-electron chi connectivity index (χ2n) is 8.91. The number of anilines is 1. The minimum Gasteiger partial charge on any atom is -0.427 e. The molecule has 2 amide bonds. The third kappa shape index (κ3) is 4.33. The molecule has 0 aromatic heterocycles. The van der Waals surface area contributed by atoms with Crippen molar-refractivity contribution in [3.63, 3.8) is 0 Å². The van der Waals surface area contributed by atoms with E-state index < -0.39 is 0 Å². The number of aryl methyl sites for hydroxylation is 1. The molecule has 0 bridgehead atoms. The van der Waals surface area contributed by atoms with Gasteiger partial charge in [0, 0.05) is 6.42 Å². The number of esters is 1. The molecule has 3 aromatic rings. The molecule has 0 spiro atoms. The Labute approximate surface area is 187 Å². The number of nitrogens with zero attached hydrogens (tertiary/aromatic N) is 1. The Kier molecular flexibility index (Phi) is 5.66. The van der Waals surface area contributed by atoms with Gasteiger partial charge < -0.3 is 4.74 Å². The average molecular weight is 428 g/mol. The van der Waals surface area contributed by atoms with Crippen LogP contribution in [0.3, 0.4) is 0 Å². The van der Waals surface area contributed by atoms with Crippen LogP contribution in [0.5, 0.6) is 5.75 Å². The Bertz CT molecular complexity index is 1140. The van der Waals surface area contributed by atoms with Gasteiger partial charge in [-0.2, -0.15) is 0 Å². The summed E-state index contributed by atoms with van der Waals surface area (Å²) in [6.07, 6.45) is 0.853. The summed E-state index contributed by atoms with van der Waals surface area (Å²) in [7, 11) is 0. The fourth-order valence-electron chi connectivity index (χ4n) is 3.69. The van der Waals surface area contributed by atoms with E-state index in [-0.39, 0.29) is 29.6 Å². The first-order valence-electron chi connectivity index (χ1n) is 10.6. The van der Waals surface area contributed by atoms with Crippen LogP contribution < -0.4 is 9.64 Å². The van der Waals surface area contributed by atoms with Gasteiger partial charge in [0.05, 0.1) is 16.8 Å². The van der Waals surface area contributed by atoms with Crippen molar-refractivity contribution >= 4 is 23.5 Å². The summed E-state index contributed by atoms with van der Waals surface area (Å²) in [6, 6.07) is 21.4. The summed E-state index contributed by atoms with van der Waals surface area (Å²) < 4.78 is 5.42. The van der Waals surface area contributed by atoms with Gasteiger partial charge in [-0.3, -0.25) is 14.4 Å². The van der Waals surface area contributed by atoms with E-state index >= 15 is 0 Å². The maximum absolute atomic E-state index is 12.6. The first-order chi connectivity index (χ1) is 15.2. The molecule has 0 N–H and O–H groups in total. The quantitative estimate of drug-likeness (QED) is 0.314. The van der Waals surface area contributed by atoms with Crippen molar-refractivity contribution in [3.8, 4) is 5.75 Å². The van der Waals surface area contributed by atoms with Gasteiger partial charge in [0.15, 0.2) is 0 Å². The molecule has 5 heteroatoms. The Morgan fingerprint density at radius 2 is 1.38 bits per heavy atom. The number of ether oxygens (including phenoxy) is 1. The van der Waals surface area contributed by atoms with Crippen molar-refractivity contribution in [3.05, 3.63) is 95.1 Å². The van der Waals surface area contributed by atoms with E-state index in [9.17, 15) is 14.4 Å². The smallest absolute Gasteiger partial charge is 0.311 e. The van der Waals surface area contributed by atoms with Crippen LogP contribution in [0.25, 0.3) is 0 Å². The second-order valence-corrected chi connectivity index (χ2v) is 8.91. The van der Waals surface area contributed by atoms with Gasteiger partial charge >= 0.3 is 5.97 Å². The van der Waals surface area contributed by atoms with Gasteiger partial charge in [-0.15, -0.1) is 0 Å². The number of imide groups is 1. The largest absolute Gasteiger partial charge is 0.427 e. The molecule has 1 aliphatic heterocycles. The minimum absolute atomic E-state index is 0.0940. The van der Waals surface area contributed by atoms with Crippen LogP contribution in [0.4, 0.5) is 5.69 Å². The Balaban J connectivity index is 1.35. The number of carbonyl (C=O) groups is 3. The highest BCUT2D eigenvalue weighted by molar-refractivity contribution is 6.34. The Morgan fingerprint density at radius 3 is 1.91 bits per heavy atom. The lowest BCUT2D eigenvalue weighted by Gasteiger charge is -2.19. The molecular formula is C27H25NO4. The fraction of sp³-hybridized carbons (Fsp3) is 0.222. The van der Waals surface area contributed by atoms with E-state index in [1.807, 2.05) is 12.1 Å². The van der Waals surface area contributed by atoms with E-state index in [4.69, 9.17) is 4.74 Å². The predicted molar refractivity (Wildman–Crippen MR) is 123 cm³/mol. The van der Waals surface area contributed by atoms with E-state index in [1.54, 1.807) is 48.5 Å². The summed E-state index contributed by atoms with van der Waals surface area (Å²) in [6.45, 7) is 6.50. The summed E-state index contributed by atoms with van der Waals surface area (Å²) in [5, 5.41) is 0. The van der Waals surface area contributed by atoms with E-state index in [2.05, 4.69) is 32.9 Å². The maximum atomic E-state index is 12.6. The van der Waals surface area contributed by atoms with Gasteiger partial charge in [0.2, 0.25) is 0 Å². The van der Waals surface area contributed by atoms with Crippen LogP contribution in [0.15, 0.2) is 72.8 Å². The minimum atomic E-state index is -0.354. The second kappa shape index (κ2) is 8.42. The summed E-state index contributed by atoms with van der Waals surface area (Å²) in [5.74, 6) is -0.669. The molecule has 0 saturated carbocycles. The SMILES string of the molecule is CC(C)(C)c1ccc(CCC(=O)Oc2ccc(N3C(=O)c4ccccc4C3=O)cc2)cc1. The molecule has 1 heterocycles. The lowest BCUT2D eigenvalue weighted by Crippen LogP contribution is -2.29. The zero-order valence-electron chi connectivity index (χ0n) is 18.4. The molecule has 0 radical (unpaired) electrons. The third-order valence-electron chi connectivity index (χ3n) is 5.56. The lowest BCUT2D eigenvalue weighted by atomic mass is 9.86. The first kappa shape index (κ1) is 21.5. The zero-order chi connectivity index (χ0) is 22.9. The van der Waals surface area contributed by atoms with Crippen LogP contribution in [-0.4, -0.2) is 17.8 Å². The third-order valence-corrected chi connectivity index (χ3v) is 5.56. The summed E-state index contributed by atoms with van der Waals surface area (Å²) in [4.78, 5) is 38.6. The van der Waals surface area contributed by atoms with Crippen molar-refractivity contribution in [2.45, 2.75) is 39.0 Å². The predicted octanol–water partition coefficient (Wildman–Crippen LogP) is 5.32. The van der Waals surface area contributed by atoms with Crippen molar-refractivity contribution in [2.75, 3.05) is 4.90 Å². The lowest BCUT2D eigenvalue weighted by molar-refractivity contribution is -0.134. The monoisotopic (exact) mass is 427 g/mol. The zero-order valence-corrected chi connectivity index (χ0v) is 18.4. The summed E-state index contributed by atoms with van der Waals surface area (Å²) in [5.41, 5.74) is 3.65. The Hall–Kier alpha value is -3.73. The average Bonchev–Trinajstić information content (AvgIpc) is 3.03. The Morgan fingerprint density at radius 1 is 0.812 bits per heavy atom. The molecule has 32 heavy (non-hydrogen) atoms.